The highest BCUT2D eigenvalue weighted by molar-refractivity contribution is 5.85. The Morgan fingerprint density at radius 2 is 1.62 bits per heavy atom. The lowest BCUT2D eigenvalue weighted by Crippen LogP contribution is -2.53. The highest BCUT2D eigenvalue weighted by atomic mass is 16.6. The molecule has 0 saturated carbocycles. The number of ether oxygens (including phenoxy) is 3. The van der Waals surface area contributed by atoms with E-state index < -0.39 is 23.8 Å². The molecular weight excluding hydrogens is 606 g/mol. The number of nitrogens with zero attached hydrogens (tertiary/aromatic N) is 4. The number of aromatic nitrogens is 3. The molecule has 1 fully saturated rings. The molecule has 5 aromatic rings. The minimum Gasteiger partial charge on any atom is -0.480 e. The molecule has 2 atom stereocenters. The number of H-pyrrole nitrogens is 1. The highest BCUT2D eigenvalue weighted by Gasteiger charge is 2.40. The largest absolute Gasteiger partial charge is 0.480 e. The zero-order valence-corrected chi connectivity index (χ0v) is 27.8. The molecule has 1 aliphatic rings. The smallest absolute Gasteiger partial charge is 0.410 e. The summed E-state index contributed by atoms with van der Waals surface area (Å²) in [5.74, 6) is 1.09. The Labute approximate surface area is 280 Å². The Kier molecular flexibility index (Phi) is 9.61. The van der Waals surface area contributed by atoms with Crippen molar-refractivity contribution in [3.63, 3.8) is 0 Å². The van der Waals surface area contributed by atoms with E-state index >= 15 is 0 Å². The van der Waals surface area contributed by atoms with Gasteiger partial charge in [0.25, 0.3) is 0 Å². The molecule has 2 aromatic heterocycles. The van der Waals surface area contributed by atoms with Crippen molar-refractivity contribution in [1.29, 1.82) is 0 Å². The fourth-order valence-corrected chi connectivity index (χ4v) is 6.03. The number of pyridine rings is 1. The summed E-state index contributed by atoms with van der Waals surface area (Å²) in [5.41, 5.74) is 3.47. The zero-order chi connectivity index (χ0) is 33.7. The maximum atomic E-state index is 13.8. The van der Waals surface area contributed by atoms with Crippen LogP contribution in [0, 0.1) is 0 Å². The van der Waals surface area contributed by atoms with Crippen LogP contribution in [0.15, 0.2) is 97.2 Å². The van der Waals surface area contributed by atoms with Crippen molar-refractivity contribution < 1.29 is 23.8 Å². The van der Waals surface area contributed by atoms with Crippen molar-refractivity contribution in [2.45, 2.75) is 64.4 Å². The van der Waals surface area contributed by atoms with Gasteiger partial charge < -0.3 is 19.2 Å². The third kappa shape index (κ3) is 7.60. The summed E-state index contributed by atoms with van der Waals surface area (Å²) < 4.78 is 17.4. The number of aromatic amines is 1. The third-order valence-corrected chi connectivity index (χ3v) is 8.34. The van der Waals surface area contributed by atoms with Gasteiger partial charge in [0.1, 0.15) is 18.0 Å². The number of fused-ring (bicyclic) bond motifs is 1. The second kappa shape index (κ2) is 14.2. The SMILES string of the molecule is COc1nc2ccccc2cc1-c1cnc([C@@H]2CC[C@@H](N(Cc3ccccc3)C(=O)OCc3ccccc3)CN2C(=O)OC(C)(C)C)[nH]1. The van der Waals surface area contributed by atoms with Crippen LogP contribution < -0.4 is 4.74 Å². The molecule has 0 unspecified atom stereocenters. The molecular formula is C38H41N5O5. The number of hydrogen-bond donors (Lipinski definition) is 1. The number of carbonyl (C=O) groups is 2. The van der Waals surface area contributed by atoms with Gasteiger partial charge in [0, 0.05) is 18.5 Å². The molecule has 48 heavy (non-hydrogen) atoms. The molecule has 0 radical (unpaired) electrons. The average Bonchev–Trinajstić information content (AvgIpc) is 3.59. The monoisotopic (exact) mass is 647 g/mol. The van der Waals surface area contributed by atoms with Crippen LogP contribution in [0.4, 0.5) is 9.59 Å². The van der Waals surface area contributed by atoms with Crippen LogP contribution in [0.25, 0.3) is 22.2 Å². The van der Waals surface area contributed by atoms with E-state index in [9.17, 15) is 9.59 Å². The van der Waals surface area contributed by atoms with Crippen LogP contribution >= 0.6 is 0 Å². The topological polar surface area (TPSA) is 110 Å². The number of imidazole rings is 1. The first kappa shape index (κ1) is 32.6. The molecule has 2 amide bonds. The number of likely N-dealkylation sites (tertiary alicyclic amines) is 1. The van der Waals surface area contributed by atoms with E-state index in [0.29, 0.717) is 31.1 Å². The summed E-state index contributed by atoms with van der Waals surface area (Å²) in [6.07, 6.45) is 1.99. The molecule has 10 heteroatoms. The number of rotatable bonds is 8. The third-order valence-electron chi connectivity index (χ3n) is 8.34. The Bertz CT molecular complexity index is 1850. The molecule has 0 bridgehead atoms. The number of amides is 2. The molecule has 0 spiro atoms. The summed E-state index contributed by atoms with van der Waals surface area (Å²) in [7, 11) is 1.59. The summed E-state index contributed by atoms with van der Waals surface area (Å²) in [6, 6.07) is 28.5. The molecule has 6 rings (SSSR count). The molecule has 1 aliphatic heterocycles. The van der Waals surface area contributed by atoms with Crippen LogP contribution in [0.3, 0.4) is 0 Å². The fraction of sp³-hybridized carbons (Fsp3) is 0.316. The van der Waals surface area contributed by atoms with Gasteiger partial charge in [-0.25, -0.2) is 19.6 Å². The maximum absolute atomic E-state index is 13.8. The predicted molar refractivity (Wildman–Crippen MR) is 183 cm³/mol. The van der Waals surface area contributed by atoms with Crippen molar-refractivity contribution in [1.82, 2.24) is 24.8 Å². The average molecular weight is 648 g/mol. The van der Waals surface area contributed by atoms with Crippen molar-refractivity contribution in [3.05, 3.63) is 114 Å². The van der Waals surface area contributed by atoms with Gasteiger partial charge in [-0.1, -0.05) is 78.9 Å². The van der Waals surface area contributed by atoms with E-state index in [0.717, 1.165) is 33.3 Å². The molecule has 0 aliphatic carbocycles. The zero-order valence-electron chi connectivity index (χ0n) is 27.8. The van der Waals surface area contributed by atoms with Gasteiger partial charge in [0.15, 0.2) is 0 Å². The van der Waals surface area contributed by atoms with Crippen molar-refractivity contribution in [2.24, 2.45) is 0 Å². The van der Waals surface area contributed by atoms with Crippen LogP contribution in [0.5, 0.6) is 5.88 Å². The van der Waals surface area contributed by atoms with E-state index in [1.165, 1.54) is 0 Å². The van der Waals surface area contributed by atoms with E-state index in [1.54, 1.807) is 23.1 Å². The predicted octanol–water partition coefficient (Wildman–Crippen LogP) is 7.91. The van der Waals surface area contributed by atoms with Gasteiger partial charge in [-0.3, -0.25) is 9.80 Å². The van der Waals surface area contributed by atoms with Gasteiger partial charge in [-0.05, 0) is 56.9 Å². The Morgan fingerprint density at radius 1 is 0.938 bits per heavy atom. The Hall–Kier alpha value is -5.38. The standard InChI is InChI=1S/C38H41N5O5/c1-38(2,3)48-37(45)43-24-29(42(23-26-13-7-5-8-14-26)36(44)47-25-27-15-9-6-10-16-27)19-20-33(43)34-39-22-32(40-34)30-21-28-17-11-12-18-31(28)41-35(30)46-4/h5-18,21-22,29,33H,19-20,23-25H2,1-4H3,(H,39,40)/t29-,33+/m1/s1. The van der Waals surface area contributed by atoms with Crippen LogP contribution in [-0.4, -0.2) is 62.2 Å². The number of benzene rings is 3. The number of methoxy groups -OCH3 is 1. The second-order valence-corrected chi connectivity index (χ2v) is 13.0. The lowest BCUT2D eigenvalue weighted by atomic mass is 9.96. The number of para-hydroxylation sites is 1. The second-order valence-electron chi connectivity index (χ2n) is 13.0. The normalized spacial score (nSPS) is 16.4. The quantitative estimate of drug-likeness (QED) is 0.182. The lowest BCUT2D eigenvalue weighted by Gasteiger charge is -2.42. The Balaban J connectivity index is 1.29. The number of nitrogens with one attached hydrogen (secondary N) is 1. The highest BCUT2D eigenvalue weighted by Crippen LogP contribution is 2.36. The van der Waals surface area contributed by atoms with Crippen LogP contribution in [0.2, 0.25) is 0 Å². The molecule has 3 aromatic carbocycles. The summed E-state index contributed by atoms with van der Waals surface area (Å²) in [4.78, 5) is 43.8. The molecule has 10 nitrogen and oxygen atoms in total. The van der Waals surface area contributed by atoms with Gasteiger partial charge >= 0.3 is 12.2 Å². The van der Waals surface area contributed by atoms with Gasteiger partial charge in [0.2, 0.25) is 5.88 Å². The van der Waals surface area contributed by atoms with Gasteiger partial charge in [-0.2, -0.15) is 0 Å². The van der Waals surface area contributed by atoms with Gasteiger partial charge in [0.05, 0.1) is 42.2 Å². The Morgan fingerprint density at radius 3 is 2.33 bits per heavy atom. The number of carbonyl (C=O) groups excluding carboxylic acids is 2. The number of hydrogen-bond acceptors (Lipinski definition) is 7. The minimum atomic E-state index is -0.717. The van der Waals surface area contributed by atoms with Crippen LogP contribution in [0.1, 0.15) is 56.6 Å². The van der Waals surface area contributed by atoms with Gasteiger partial charge in [-0.15, -0.1) is 0 Å². The first-order valence-electron chi connectivity index (χ1n) is 16.2. The molecule has 1 N–H and O–H groups in total. The summed E-state index contributed by atoms with van der Waals surface area (Å²) in [6.45, 7) is 6.25. The number of piperidine rings is 1. The van der Waals surface area contributed by atoms with E-state index in [4.69, 9.17) is 19.2 Å². The molecule has 1 saturated heterocycles. The van der Waals surface area contributed by atoms with Crippen molar-refractivity contribution in [2.75, 3.05) is 13.7 Å². The minimum absolute atomic E-state index is 0.151. The fourth-order valence-electron chi connectivity index (χ4n) is 6.03. The molecule has 248 valence electrons. The first-order chi connectivity index (χ1) is 23.2. The maximum Gasteiger partial charge on any atom is 0.410 e. The first-order valence-corrected chi connectivity index (χ1v) is 16.2. The van der Waals surface area contributed by atoms with Crippen LogP contribution in [-0.2, 0) is 22.6 Å². The van der Waals surface area contributed by atoms with Crippen molar-refractivity contribution >= 4 is 23.1 Å². The van der Waals surface area contributed by atoms with E-state index in [2.05, 4.69) is 9.97 Å². The lowest BCUT2D eigenvalue weighted by molar-refractivity contribution is -0.00858. The van der Waals surface area contributed by atoms with E-state index in [-0.39, 0.29) is 19.2 Å². The van der Waals surface area contributed by atoms with Crippen molar-refractivity contribution in [3.8, 4) is 17.1 Å². The molecule has 3 heterocycles. The summed E-state index contributed by atoms with van der Waals surface area (Å²) >= 11 is 0. The summed E-state index contributed by atoms with van der Waals surface area (Å²) in [5, 5.41) is 0.970. The van der Waals surface area contributed by atoms with E-state index in [1.807, 2.05) is 112 Å².